The first-order valence-electron chi connectivity index (χ1n) is 7.92. The summed E-state index contributed by atoms with van der Waals surface area (Å²) < 4.78 is 0. The van der Waals surface area contributed by atoms with Crippen molar-refractivity contribution in [1.29, 1.82) is 0 Å². The van der Waals surface area contributed by atoms with Crippen molar-refractivity contribution in [2.45, 2.75) is 78.4 Å². The Morgan fingerprint density at radius 3 is 2.39 bits per heavy atom. The van der Waals surface area contributed by atoms with Gasteiger partial charge in [0.05, 0.1) is 0 Å². The van der Waals surface area contributed by atoms with Crippen LogP contribution in [0.15, 0.2) is 0 Å². The van der Waals surface area contributed by atoms with Crippen LogP contribution in [0.5, 0.6) is 0 Å². The van der Waals surface area contributed by atoms with E-state index in [1.165, 1.54) is 38.8 Å². The monoisotopic (exact) mass is 252 g/mol. The van der Waals surface area contributed by atoms with Gasteiger partial charge in [0.15, 0.2) is 0 Å². The van der Waals surface area contributed by atoms with Crippen LogP contribution < -0.4 is 5.32 Å². The van der Waals surface area contributed by atoms with Crippen LogP contribution in [0.4, 0.5) is 0 Å². The fourth-order valence-electron chi connectivity index (χ4n) is 3.47. The Morgan fingerprint density at radius 2 is 1.94 bits per heavy atom. The van der Waals surface area contributed by atoms with Crippen molar-refractivity contribution in [1.82, 2.24) is 10.2 Å². The predicted molar refractivity (Wildman–Crippen MR) is 78.8 cm³/mol. The van der Waals surface area contributed by atoms with Crippen LogP contribution in [0.3, 0.4) is 0 Å². The van der Waals surface area contributed by atoms with Crippen LogP contribution in [0.2, 0.25) is 0 Å². The molecule has 18 heavy (non-hydrogen) atoms. The maximum Gasteiger partial charge on any atom is 0.0244 e. The van der Waals surface area contributed by atoms with E-state index in [1.54, 1.807) is 0 Å². The van der Waals surface area contributed by atoms with Crippen molar-refractivity contribution in [2.75, 3.05) is 13.1 Å². The van der Waals surface area contributed by atoms with E-state index >= 15 is 0 Å². The molecule has 1 aliphatic carbocycles. The number of nitrogens with zero attached hydrogens (tertiary/aromatic N) is 1. The van der Waals surface area contributed by atoms with Gasteiger partial charge >= 0.3 is 0 Å². The molecule has 0 spiro atoms. The molecule has 0 aromatic rings. The molecule has 0 aromatic carbocycles. The zero-order valence-electron chi connectivity index (χ0n) is 13.0. The third kappa shape index (κ3) is 2.91. The first-order valence-corrected chi connectivity index (χ1v) is 7.92. The lowest BCUT2D eigenvalue weighted by atomic mass is 9.77. The van der Waals surface area contributed by atoms with Gasteiger partial charge in [-0.15, -0.1) is 0 Å². The highest BCUT2D eigenvalue weighted by atomic mass is 15.3. The minimum absolute atomic E-state index is 0.371. The second-order valence-electron chi connectivity index (χ2n) is 7.52. The second-order valence-corrected chi connectivity index (χ2v) is 7.52. The minimum Gasteiger partial charge on any atom is -0.311 e. The maximum absolute atomic E-state index is 3.78. The standard InChI is InChI=1S/C16H32N2/c1-6-14-10-17-15(16(3,4)5)11-18(14)12(2)13-8-7-9-13/h12-15,17H,6-11H2,1-5H3. The molecule has 2 heteroatoms. The normalized spacial score (nSPS) is 33.2. The molecule has 0 aromatic heterocycles. The molecular formula is C16H32N2. The van der Waals surface area contributed by atoms with E-state index in [0.717, 1.165) is 18.0 Å². The quantitative estimate of drug-likeness (QED) is 0.829. The van der Waals surface area contributed by atoms with Gasteiger partial charge in [-0.25, -0.2) is 0 Å². The molecule has 2 aliphatic rings. The summed E-state index contributed by atoms with van der Waals surface area (Å²) >= 11 is 0. The molecule has 1 saturated carbocycles. The van der Waals surface area contributed by atoms with E-state index in [1.807, 2.05) is 0 Å². The Kier molecular flexibility index (Phi) is 4.38. The minimum atomic E-state index is 0.371. The highest BCUT2D eigenvalue weighted by Crippen LogP contribution is 2.35. The number of hydrogen-bond acceptors (Lipinski definition) is 2. The predicted octanol–water partition coefficient (Wildman–Crippen LogP) is 3.27. The zero-order valence-corrected chi connectivity index (χ0v) is 13.0. The van der Waals surface area contributed by atoms with Crippen molar-refractivity contribution in [2.24, 2.45) is 11.3 Å². The van der Waals surface area contributed by atoms with Crippen molar-refractivity contribution >= 4 is 0 Å². The molecule has 2 fully saturated rings. The third-order valence-corrected chi connectivity index (χ3v) is 5.33. The second kappa shape index (κ2) is 5.50. The summed E-state index contributed by atoms with van der Waals surface area (Å²) in [6.45, 7) is 14.3. The molecule has 0 amide bonds. The van der Waals surface area contributed by atoms with E-state index in [0.29, 0.717) is 11.5 Å². The van der Waals surface area contributed by atoms with Crippen LogP contribution >= 0.6 is 0 Å². The van der Waals surface area contributed by atoms with E-state index < -0.39 is 0 Å². The molecule has 0 radical (unpaired) electrons. The van der Waals surface area contributed by atoms with Gasteiger partial charge in [-0.3, -0.25) is 4.90 Å². The fourth-order valence-corrected chi connectivity index (χ4v) is 3.47. The van der Waals surface area contributed by atoms with Gasteiger partial charge in [-0.05, 0) is 37.5 Å². The molecule has 3 atom stereocenters. The van der Waals surface area contributed by atoms with Crippen LogP contribution in [0.1, 0.15) is 60.3 Å². The van der Waals surface area contributed by atoms with Crippen molar-refractivity contribution in [3.63, 3.8) is 0 Å². The van der Waals surface area contributed by atoms with E-state index in [2.05, 4.69) is 44.8 Å². The van der Waals surface area contributed by atoms with Gasteiger partial charge in [0.25, 0.3) is 0 Å². The molecule has 1 N–H and O–H groups in total. The van der Waals surface area contributed by atoms with Gasteiger partial charge in [-0.1, -0.05) is 34.1 Å². The SMILES string of the molecule is CCC1CNC(C(C)(C)C)CN1C(C)C1CCC1. The van der Waals surface area contributed by atoms with Crippen molar-refractivity contribution < 1.29 is 0 Å². The third-order valence-electron chi connectivity index (χ3n) is 5.33. The molecule has 0 bridgehead atoms. The van der Waals surface area contributed by atoms with Crippen molar-refractivity contribution in [3.05, 3.63) is 0 Å². The van der Waals surface area contributed by atoms with Crippen LogP contribution in [0.25, 0.3) is 0 Å². The number of rotatable bonds is 3. The van der Waals surface area contributed by atoms with Crippen LogP contribution in [0, 0.1) is 11.3 Å². The Hall–Kier alpha value is -0.0800. The molecule has 2 nitrogen and oxygen atoms in total. The Bertz CT molecular complexity index is 265. The Labute approximate surface area is 114 Å². The van der Waals surface area contributed by atoms with Gasteiger partial charge in [0.2, 0.25) is 0 Å². The van der Waals surface area contributed by atoms with Crippen LogP contribution in [-0.4, -0.2) is 36.1 Å². The molecule has 1 saturated heterocycles. The number of nitrogens with one attached hydrogen (secondary N) is 1. The molecule has 1 heterocycles. The lowest BCUT2D eigenvalue weighted by Crippen LogP contribution is -2.63. The van der Waals surface area contributed by atoms with Gasteiger partial charge in [0.1, 0.15) is 0 Å². The fraction of sp³-hybridized carbons (Fsp3) is 1.00. The maximum atomic E-state index is 3.78. The van der Waals surface area contributed by atoms with E-state index in [9.17, 15) is 0 Å². The lowest BCUT2D eigenvalue weighted by Gasteiger charge is -2.50. The van der Waals surface area contributed by atoms with Crippen molar-refractivity contribution in [3.8, 4) is 0 Å². The largest absolute Gasteiger partial charge is 0.311 e. The Morgan fingerprint density at radius 1 is 1.28 bits per heavy atom. The molecule has 2 rings (SSSR count). The highest BCUT2D eigenvalue weighted by molar-refractivity contribution is 4.95. The summed E-state index contributed by atoms with van der Waals surface area (Å²) in [5.74, 6) is 0.970. The van der Waals surface area contributed by atoms with Crippen LogP contribution in [-0.2, 0) is 0 Å². The topological polar surface area (TPSA) is 15.3 Å². The molecular weight excluding hydrogens is 220 g/mol. The number of piperazine rings is 1. The highest BCUT2D eigenvalue weighted by Gasteiger charge is 2.38. The van der Waals surface area contributed by atoms with E-state index in [-0.39, 0.29) is 0 Å². The van der Waals surface area contributed by atoms with Gasteiger partial charge in [-0.2, -0.15) is 0 Å². The molecule has 1 aliphatic heterocycles. The summed E-state index contributed by atoms with van der Waals surface area (Å²) in [5, 5.41) is 3.78. The number of hydrogen-bond donors (Lipinski definition) is 1. The zero-order chi connectivity index (χ0) is 13.3. The average Bonchev–Trinajstić information content (AvgIpc) is 2.24. The first kappa shape index (κ1) is 14.3. The summed E-state index contributed by atoms with van der Waals surface area (Å²) in [7, 11) is 0. The average molecular weight is 252 g/mol. The summed E-state index contributed by atoms with van der Waals surface area (Å²) in [6.07, 6.45) is 5.66. The first-order chi connectivity index (χ1) is 8.43. The lowest BCUT2D eigenvalue weighted by molar-refractivity contribution is 0.0147. The molecule has 3 unspecified atom stereocenters. The molecule has 106 valence electrons. The van der Waals surface area contributed by atoms with Gasteiger partial charge < -0.3 is 5.32 Å². The van der Waals surface area contributed by atoms with Gasteiger partial charge in [0, 0.05) is 31.2 Å². The summed E-state index contributed by atoms with van der Waals surface area (Å²) in [5.41, 5.74) is 0.371. The van der Waals surface area contributed by atoms with E-state index in [4.69, 9.17) is 0 Å². The smallest absolute Gasteiger partial charge is 0.0244 e. The Balaban J connectivity index is 2.02. The summed E-state index contributed by atoms with van der Waals surface area (Å²) in [6, 6.07) is 2.18. The summed E-state index contributed by atoms with van der Waals surface area (Å²) in [4.78, 5) is 2.82.